The van der Waals surface area contributed by atoms with Crippen molar-refractivity contribution < 1.29 is 23.1 Å². The molecule has 0 unspecified atom stereocenters. The number of hydrogen-bond donors (Lipinski definition) is 1. The SMILES string of the molecule is O=C(N/N=C/c1ccc(OC(=O)c2cccc(F)c2)cc1)c1cccc(F)c1. The van der Waals surface area contributed by atoms with E-state index in [9.17, 15) is 18.4 Å². The summed E-state index contributed by atoms with van der Waals surface area (Å²) in [6.45, 7) is 0. The van der Waals surface area contributed by atoms with Gasteiger partial charge in [-0.25, -0.2) is 19.0 Å². The number of amides is 1. The van der Waals surface area contributed by atoms with Crippen LogP contribution < -0.4 is 10.2 Å². The van der Waals surface area contributed by atoms with E-state index in [1.807, 2.05) is 0 Å². The van der Waals surface area contributed by atoms with Crippen LogP contribution in [-0.4, -0.2) is 18.1 Å². The number of hydrogen-bond acceptors (Lipinski definition) is 4. The molecule has 0 saturated heterocycles. The van der Waals surface area contributed by atoms with Crippen molar-refractivity contribution in [3.8, 4) is 5.75 Å². The summed E-state index contributed by atoms with van der Waals surface area (Å²) in [6.07, 6.45) is 1.38. The number of ether oxygens (including phenoxy) is 1. The third-order valence-electron chi connectivity index (χ3n) is 3.62. The van der Waals surface area contributed by atoms with Gasteiger partial charge in [0, 0.05) is 5.56 Å². The van der Waals surface area contributed by atoms with E-state index in [4.69, 9.17) is 4.74 Å². The first-order chi connectivity index (χ1) is 13.5. The Morgan fingerprint density at radius 1 is 0.857 bits per heavy atom. The highest BCUT2D eigenvalue weighted by Crippen LogP contribution is 2.14. The zero-order valence-corrected chi connectivity index (χ0v) is 14.4. The second-order valence-electron chi connectivity index (χ2n) is 5.68. The normalized spacial score (nSPS) is 10.6. The molecule has 3 aromatic carbocycles. The van der Waals surface area contributed by atoms with Gasteiger partial charge >= 0.3 is 5.97 Å². The molecular weight excluding hydrogens is 366 g/mol. The van der Waals surface area contributed by atoms with E-state index in [0.29, 0.717) is 5.56 Å². The minimum atomic E-state index is -0.678. The van der Waals surface area contributed by atoms with Gasteiger partial charge in [-0.2, -0.15) is 5.10 Å². The molecule has 0 heterocycles. The molecule has 5 nitrogen and oxygen atoms in total. The van der Waals surface area contributed by atoms with Gasteiger partial charge < -0.3 is 4.74 Å². The van der Waals surface area contributed by atoms with Crippen molar-refractivity contribution >= 4 is 18.1 Å². The molecule has 1 N–H and O–H groups in total. The first-order valence-electron chi connectivity index (χ1n) is 8.18. The number of hydrazone groups is 1. The van der Waals surface area contributed by atoms with Crippen LogP contribution in [-0.2, 0) is 0 Å². The summed E-state index contributed by atoms with van der Waals surface area (Å²) in [6, 6.07) is 16.7. The third kappa shape index (κ3) is 5.07. The van der Waals surface area contributed by atoms with E-state index in [1.54, 1.807) is 12.1 Å². The summed E-state index contributed by atoms with van der Waals surface area (Å²) >= 11 is 0. The van der Waals surface area contributed by atoms with E-state index < -0.39 is 23.5 Å². The minimum Gasteiger partial charge on any atom is -0.423 e. The highest BCUT2D eigenvalue weighted by atomic mass is 19.1. The van der Waals surface area contributed by atoms with Gasteiger partial charge in [0.05, 0.1) is 11.8 Å². The number of carbonyl (C=O) groups is 2. The van der Waals surface area contributed by atoms with Crippen molar-refractivity contribution in [2.45, 2.75) is 0 Å². The zero-order chi connectivity index (χ0) is 19.9. The monoisotopic (exact) mass is 380 g/mol. The van der Waals surface area contributed by atoms with Crippen molar-refractivity contribution in [2.24, 2.45) is 5.10 Å². The van der Waals surface area contributed by atoms with Crippen LogP contribution in [0, 0.1) is 11.6 Å². The number of rotatable bonds is 5. The van der Waals surface area contributed by atoms with Gasteiger partial charge in [0.25, 0.3) is 5.91 Å². The molecule has 3 rings (SSSR count). The van der Waals surface area contributed by atoms with Gasteiger partial charge in [0.2, 0.25) is 0 Å². The van der Waals surface area contributed by atoms with E-state index in [2.05, 4.69) is 10.5 Å². The largest absolute Gasteiger partial charge is 0.423 e. The minimum absolute atomic E-state index is 0.103. The van der Waals surface area contributed by atoms with Crippen LogP contribution in [0.3, 0.4) is 0 Å². The highest BCUT2D eigenvalue weighted by molar-refractivity contribution is 5.95. The number of benzene rings is 3. The molecule has 0 aromatic heterocycles. The van der Waals surface area contributed by atoms with E-state index in [0.717, 1.165) is 12.1 Å². The molecule has 0 bridgehead atoms. The second-order valence-corrected chi connectivity index (χ2v) is 5.68. The summed E-state index contributed by atoms with van der Waals surface area (Å²) in [5, 5.41) is 3.80. The molecule has 7 heteroatoms. The number of halogens is 2. The van der Waals surface area contributed by atoms with Crippen molar-refractivity contribution in [3.05, 3.63) is 101 Å². The molecule has 140 valence electrons. The molecule has 0 saturated carbocycles. The zero-order valence-electron chi connectivity index (χ0n) is 14.4. The van der Waals surface area contributed by atoms with Crippen LogP contribution >= 0.6 is 0 Å². The quantitative estimate of drug-likeness (QED) is 0.315. The average Bonchev–Trinajstić information content (AvgIpc) is 2.69. The Bertz CT molecular complexity index is 1030. The molecule has 28 heavy (non-hydrogen) atoms. The van der Waals surface area contributed by atoms with Crippen molar-refractivity contribution in [1.82, 2.24) is 5.43 Å². The third-order valence-corrected chi connectivity index (χ3v) is 3.62. The van der Waals surface area contributed by atoms with Crippen LogP contribution in [0.4, 0.5) is 8.78 Å². The lowest BCUT2D eigenvalue weighted by Crippen LogP contribution is -2.17. The Hall–Kier alpha value is -3.87. The standard InChI is InChI=1S/C21H14F2N2O3/c22-17-5-1-3-15(11-17)20(26)25-24-13-14-7-9-19(10-8-14)28-21(27)16-4-2-6-18(23)12-16/h1-13H,(H,25,26)/b24-13+. The van der Waals surface area contributed by atoms with Crippen LogP contribution in [0.2, 0.25) is 0 Å². The first kappa shape index (κ1) is 18.9. The molecule has 0 atom stereocenters. The van der Waals surface area contributed by atoms with Gasteiger partial charge in [-0.15, -0.1) is 0 Å². The van der Waals surface area contributed by atoms with Crippen LogP contribution in [0.15, 0.2) is 77.9 Å². The summed E-state index contributed by atoms with van der Waals surface area (Å²) in [5.41, 5.74) is 3.17. The van der Waals surface area contributed by atoms with Crippen LogP contribution in [0.5, 0.6) is 5.75 Å². The topological polar surface area (TPSA) is 67.8 Å². The van der Waals surface area contributed by atoms with Crippen molar-refractivity contribution in [3.63, 3.8) is 0 Å². The molecule has 0 aliphatic rings. The summed E-state index contributed by atoms with van der Waals surface area (Å²) in [7, 11) is 0. The van der Waals surface area contributed by atoms with E-state index >= 15 is 0 Å². The molecule has 3 aromatic rings. The maximum atomic E-state index is 13.2. The average molecular weight is 380 g/mol. The number of nitrogens with zero attached hydrogens (tertiary/aromatic N) is 1. The highest BCUT2D eigenvalue weighted by Gasteiger charge is 2.09. The number of esters is 1. The van der Waals surface area contributed by atoms with Crippen LogP contribution in [0.25, 0.3) is 0 Å². The fourth-order valence-corrected chi connectivity index (χ4v) is 2.26. The van der Waals surface area contributed by atoms with Gasteiger partial charge in [-0.1, -0.05) is 12.1 Å². The van der Waals surface area contributed by atoms with Crippen LogP contribution in [0.1, 0.15) is 26.3 Å². The second kappa shape index (κ2) is 8.68. The summed E-state index contributed by atoms with van der Waals surface area (Å²) < 4.78 is 31.4. The van der Waals surface area contributed by atoms with E-state index in [1.165, 1.54) is 54.7 Å². The first-order valence-corrected chi connectivity index (χ1v) is 8.18. The lowest BCUT2D eigenvalue weighted by Gasteiger charge is -2.04. The predicted octanol–water partition coefficient (Wildman–Crippen LogP) is 3.95. The van der Waals surface area contributed by atoms with Crippen molar-refractivity contribution in [2.75, 3.05) is 0 Å². The molecule has 0 aliphatic carbocycles. The van der Waals surface area contributed by atoms with Gasteiger partial charge in [0.15, 0.2) is 0 Å². The fourth-order valence-electron chi connectivity index (χ4n) is 2.26. The molecule has 0 radical (unpaired) electrons. The lowest BCUT2D eigenvalue weighted by molar-refractivity contribution is 0.0734. The predicted molar refractivity (Wildman–Crippen MR) is 99.3 cm³/mol. The maximum absolute atomic E-state index is 13.2. The Labute approximate surface area is 159 Å². The number of carbonyl (C=O) groups excluding carboxylic acids is 2. The molecule has 0 fully saturated rings. The Morgan fingerprint density at radius 2 is 1.46 bits per heavy atom. The molecule has 1 amide bonds. The summed E-state index contributed by atoms with van der Waals surface area (Å²) in [5.74, 6) is -1.99. The lowest BCUT2D eigenvalue weighted by atomic mass is 10.2. The smallest absolute Gasteiger partial charge is 0.343 e. The maximum Gasteiger partial charge on any atom is 0.343 e. The molecule has 0 aliphatic heterocycles. The molecular formula is C21H14F2N2O3. The summed E-state index contributed by atoms with van der Waals surface area (Å²) in [4.78, 5) is 23.8. The van der Waals surface area contributed by atoms with Gasteiger partial charge in [-0.3, -0.25) is 4.79 Å². The Morgan fingerprint density at radius 3 is 2.11 bits per heavy atom. The fraction of sp³-hybridized carbons (Fsp3) is 0. The van der Waals surface area contributed by atoms with Gasteiger partial charge in [0.1, 0.15) is 17.4 Å². The van der Waals surface area contributed by atoms with Crippen molar-refractivity contribution in [1.29, 1.82) is 0 Å². The van der Waals surface area contributed by atoms with Gasteiger partial charge in [-0.05, 0) is 66.2 Å². The molecule has 0 spiro atoms. The van der Waals surface area contributed by atoms with E-state index in [-0.39, 0.29) is 16.9 Å². The Balaban J connectivity index is 1.57. The Kier molecular flexibility index (Phi) is 5.86. The number of nitrogens with one attached hydrogen (secondary N) is 1.